The zero-order valence-electron chi connectivity index (χ0n) is 16.1. The third kappa shape index (κ3) is 6.91. The molecule has 3 aromatic carbocycles. The van der Waals surface area contributed by atoms with Gasteiger partial charge in [-0.15, -0.1) is 0 Å². The maximum absolute atomic E-state index is 12.0. The van der Waals surface area contributed by atoms with Crippen molar-refractivity contribution in [3.8, 4) is 5.75 Å². The Bertz CT molecular complexity index is 1100. The van der Waals surface area contributed by atoms with E-state index < -0.39 is 4.92 Å². The van der Waals surface area contributed by atoms with Crippen molar-refractivity contribution in [3.05, 3.63) is 103 Å². The summed E-state index contributed by atoms with van der Waals surface area (Å²) in [5, 5.41) is 15.3. The quantitative estimate of drug-likeness (QED) is 0.257. The molecule has 7 nitrogen and oxygen atoms in total. The van der Waals surface area contributed by atoms with Crippen LogP contribution in [0.2, 0.25) is 5.02 Å². The van der Waals surface area contributed by atoms with Crippen LogP contribution in [0, 0.1) is 10.1 Å². The molecule has 0 bridgehead atoms. The summed E-state index contributed by atoms with van der Waals surface area (Å²) in [6, 6.07) is 18.7. The topological polar surface area (TPSA) is 93.8 Å². The normalized spacial score (nSPS) is 10.8. The van der Waals surface area contributed by atoms with Crippen LogP contribution in [0.25, 0.3) is 0 Å². The lowest BCUT2D eigenvalue weighted by molar-refractivity contribution is -0.384. The number of ether oxygens (including phenoxy) is 1. The molecule has 1 amide bonds. The molecule has 3 rings (SSSR count). The summed E-state index contributed by atoms with van der Waals surface area (Å²) in [6.45, 7) is 0.405. The Hall–Kier alpha value is -3.23. The van der Waals surface area contributed by atoms with Gasteiger partial charge in [-0.1, -0.05) is 35.9 Å². The smallest absolute Gasteiger partial charge is 0.269 e. The van der Waals surface area contributed by atoms with Gasteiger partial charge in [0, 0.05) is 17.2 Å². The summed E-state index contributed by atoms with van der Waals surface area (Å²) in [4.78, 5) is 22.2. The molecular formula is C22H17BrClN3O4. The first-order valence-electron chi connectivity index (χ1n) is 9.13. The van der Waals surface area contributed by atoms with Crippen LogP contribution in [0.3, 0.4) is 0 Å². The highest BCUT2D eigenvalue weighted by molar-refractivity contribution is 9.10. The summed E-state index contributed by atoms with van der Waals surface area (Å²) in [6.07, 6.45) is 1.58. The number of hydrogen-bond donors (Lipinski definition) is 1. The van der Waals surface area contributed by atoms with Crippen LogP contribution >= 0.6 is 27.5 Å². The molecule has 0 fully saturated rings. The molecule has 31 heavy (non-hydrogen) atoms. The van der Waals surface area contributed by atoms with E-state index in [1.165, 1.54) is 18.3 Å². The zero-order valence-corrected chi connectivity index (χ0v) is 18.5. The van der Waals surface area contributed by atoms with Gasteiger partial charge in [0.2, 0.25) is 5.91 Å². The Morgan fingerprint density at radius 1 is 1.10 bits per heavy atom. The van der Waals surface area contributed by atoms with Gasteiger partial charge in [-0.2, -0.15) is 5.10 Å². The number of halogens is 2. The van der Waals surface area contributed by atoms with Crippen molar-refractivity contribution >= 4 is 45.3 Å². The molecule has 0 unspecified atom stereocenters. The first-order valence-corrected chi connectivity index (χ1v) is 10.3. The standard InChI is InChI=1S/C22H17BrClN3O4/c23-20-11-17(5-10-21(20)31-14-16-1-6-18(24)7-2-16)13-25-26-22(28)12-15-3-8-19(9-4-15)27(29)30/h1-11,13H,12,14H2,(H,26,28)/b25-13+. The molecule has 0 radical (unpaired) electrons. The number of carbonyl (C=O) groups excluding carboxylic acids is 1. The average Bonchev–Trinajstić information content (AvgIpc) is 2.74. The van der Waals surface area contributed by atoms with Crippen molar-refractivity contribution in [2.24, 2.45) is 5.10 Å². The molecule has 0 aliphatic carbocycles. The van der Waals surface area contributed by atoms with Crippen molar-refractivity contribution < 1.29 is 14.5 Å². The van der Waals surface area contributed by atoms with Gasteiger partial charge in [-0.3, -0.25) is 14.9 Å². The van der Waals surface area contributed by atoms with E-state index in [0.29, 0.717) is 22.9 Å². The third-order valence-electron chi connectivity index (χ3n) is 4.18. The number of non-ortho nitro benzene ring substituents is 1. The van der Waals surface area contributed by atoms with Crippen molar-refractivity contribution in [3.63, 3.8) is 0 Å². The van der Waals surface area contributed by atoms with Gasteiger partial charge >= 0.3 is 0 Å². The maximum atomic E-state index is 12.0. The Morgan fingerprint density at radius 2 is 1.77 bits per heavy atom. The van der Waals surface area contributed by atoms with Crippen molar-refractivity contribution in [1.29, 1.82) is 0 Å². The number of carbonyl (C=O) groups is 1. The monoisotopic (exact) mass is 501 g/mol. The molecule has 0 spiro atoms. The Kier molecular flexibility index (Phi) is 7.75. The summed E-state index contributed by atoms with van der Waals surface area (Å²) >= 11 is 9.35. The van der Waals surface area contributed by atoms with Crippen LogP contribution in [0.5, 0.6) is 5.75 Å². The molecule has 3 aromatic rings. The molecule has 158 valence electrons. The van der Waals surface area contributed by atoms with Crippen molar-refractivity contribution in [2.75, 3.05) is 0 Å². The SMILES string of the molecule is O=C(Cc1ccc([N+](=O)[O-])cc1)N/N=C/c1ccc(OCc2ccc(Cl)cc2)c(Br)c1. The fourth-order valence-electron chi connectivity index (χ4n) is 2.60. The average molecular weight is 503 g/mol. The van der Waals surface area contributed by atoms with E-state index >= 15 is 0 Å². The zero-order chi connectivity index (χ0) is 22.2. The highest BCUT2D eigenvalue weighted by atomic mass is 79.9. The van der Waals surface area contributed by atoms with Gasteiger partial charge in [0.05, 0.1) is 22.0 Å². The van der Waals surface area contributed by atoms with Crippen LogP contribution in [0.1, 0.15) is 16.7 Å². The molecule has 0 aliphatic rings. The summed E-state index contributed by atoms with van der Waals surface area (Å²) in [5.41, 5.74) is 4.84. The van der Waals surface area contributed by atoms with E-state index in [-0.39, 0.29) is 18.0 Å². The van der Waals surface area contributed by atoms with E-state index in [0.717, 1.165) is 15.6 Å². The van der Waals surface area contributed by atoms with E-state index in [1.807, 2.05) is 36.4 Å². The highest BCUT2D eigenvalue weighted by Gasteiger charge is 2.07. The van der Waals surface area contributed by atoms with E-state index in [2.05, 4.69) is 26.5 Å². The van der Waals surface area contributed by atoms with Gasteiger partial charge < -0.3 is 4.74 Å². The minimum absolute atomic E-state index is 0.0200. The number of nitrogens with zero attached hydrogens (tertiary/aromatic N) is 2. The predicted molar refractivity (Wildman–Crippen MR) is 122 cm³/mol. The molecule has 0 saturated heterocycles. The minimum atomic E-state index is -0.486. The fraction of sp³-hybridized carbons (Fsp3) is 0.0909. The van der Waals surface area contributed by atoms with Crippen molar-refractivity contribution in [1.82, 2.24) is 5.43 Å². The molecule has 9 heteroatoms. The number of hydrogen-bond acceptors (Lipinski definition) is 5. The first-order chi connectivity index (χ1) is 14.9. The van der Waals surface area contributed by atoms with Crippen LogP contribution < -0.4 is 10.2 Å². The van der Waals surface area contributed by atoms with E-state index in [4.69, 9.17) is 16.3 Å². The van der Waals surface area contributed by atoms with Gasteiger partial charge in [0.1, 0.15) is 12.4 Å². The summed E-state index contributed by atoms with van der Waals surface area (Å²) in [7, 11) is 0. The van der Waals surface area contributed by atoms with Gasteiger partial charge in [-0.25, -0.2) is 5.43 Å². The van der Waals surface area contributed by atoms with Crippen LogP contribution in [0.4, 0.5) is 5.69 Å². The molecule has 0 aliphatic heterocycles. The number of rotatable bonds is 8. The molecule has 0 atom stereocenters. The van der Waals surface area contributed by atoms with E-state index in [1.54, 1.807) is 18.2 Å². The Morgan fingerprint density at radius 3 is 2.42 bits per heavy atom. The number of nitro benzene ring substituents is 1. The lowest BCUT2D eigenvalue weighted by atomic mass is 10.1. The molecular weight excluding hydrogens is 486 g/mol. The number of hydrazone groups is 1. The van der Waals surface area contributed by atoms with Crippen LogP contribution in [-0.2, 0) is 17.8 Å². The fourth-order valence-corrected chi connectivity index (χ4v) is 3.23. The largest absolute Gasteiger partial charge is 0.488 e. The summed E-state index contributed by atoms with van der Waals surface area (Å²) in [5.74, 6) is 0.349. The molecule has 0 aromatic heterocycles. The number of nitrogens with one attached hydrogen (secondary N) is 1. The summed E-state index contributed by atoms with van der Waals surface area (Å²) < 4.78 is 6.56. The minimum Gasteiger partial charge on any atom is -0.488 e. The third-order valence-corrected chi connectivity index (χ3v) is 5.05. The predicted octanol–water partition coefficient (Wildman–Crippen LogP) is 5.28. The lowest BCUT2D eigenvalue weighted by Crippen LogP contribution is -2.19. The van der Waals surface area contributed by atoms with Gasteiger partial charge in [0.25, 0.3) is 5.69 Å². The second kappa shape index (κ2) is 10.7. The lowest BCUT2D eigenvalue weighted by Gasteiger charge is -2.09. The molecule has 0 heterocycles. The number of nitro groups is 1. The highest BCUT2D eigenvalue weighted by Crippen LogP contribution is 2.26. The van der Waals surface area contributed by atoms with Crippen molar-refractivity contribution in [2.45, 2.75) is 13.0 Å². The molecule has 0 saturated carbocycles. The first kappa shape index (κ1) is 22.5. The number of benzene rings is 3. The second-order valence-electron chi connectivity index (χ2n) is 6.50. The van der Waals surface area contributed by atoms with Crippen LogP contribution in [0.15, 0.2) is 76.3 Å². The second-order valence-corrected chi connectivity index (χ2v) is 7.79. The van der Waals surface area contributed by atoms with E-state index in [9.17, 15) is 14.9 Å². The number of amides is 1. The Balaban J connectivity index is 1.51. The van der Waals surface area contributed by atoms with Crippen LogP contribution in [-0.4, -0.2) is 17.0 Å². The molecule has 1 N–H and O–H groups in total. The van der Waals surface area contributed by atoms with Gasteiger partial charge in [0.15, 0.2) is 0 Å². The Labute approximate surface area is 192 Å². The van der Waals surface area contributed by atoms with Gasteiger partial charge in [-0.05, 0) is 63.0 Å². The maximum Gasteiger partial charge on any atom is 0.269 e.